The molecule has 0 amide bonds. The minimum atomic E-state index is -0.308. The lowest BCUT2D eigenvalue weighted by Gasteiger charge is -2.11. The van der Waals surface area contributed by atoms with E-state index < -0.39 is 0 Å². The Morgan fingerprint density at radius 2 is 1.70 bits per heavy atom. The van der Waals surface area contributed by atoms with Gasteiger partial charge in [-0.15, -0.1) is 0 Å². The van der Waals surface area contributed by atoms with E-state index in [1.54, 1.807) is 18.2 Å². The molecule has 0 aliphatic carbocycles. The average molecular weight is 329 g/mol. The molecule has 2 aromatic carbocycles. The molecule has 0 saturated heterocycles. The van der Waals surface area contributed by atoms with Crippen LogP contribution >= 0.6 is 11.6 Å². The lowest BCUT2D eigenvalue weighted by molar-refractivity contribution is 0.628. The second-order valence-electron chi connectivity index (χ2n) is 4.96. The van der Waals surface area contributed by atoms with Crippen LogP contribution in [0.15, 0.2) is 54.9 Å². The second-order valence-corrected chi connectivity index (χ2v) is 5.37. The molecule has 0 radical (unpaired) electrons. The number of halogens is 2. The molecular weight excluding hydrogens is 315 g/mol. The predicted molar refractivity (Wildman–Crippen MR) is 91.2 cm³/mol. The molecule has 23 heavy (non-hydrogen) atoms. The molecule has 1 heterocycles. The van der Waals surface area contributed by atoms with Crippen LogP contribution in [0.3, 0.4) is 0 Å². The van der Waals surface area contributed by atoms with Gasteiger partial charge in [-0.2, -0.15) is 0 Å². The van der Waals surface area contributed by atoms with Crippen LogP contribution in [0.4, 0.5) is 27.4 Å². The highest BCUT2D eigenvalue weighted by molar-refractivity contribution is 6.31. The normalized spacial score (nSPS) is 10.4. The van der Waals surface area contributed by atoms with Gasteiger partial charge in [-0.05, 0) is 42.8 Å². The van der Waals surface area contributed by atoms with Crippen molar-refractivity contribution >= 4 is 34.6 Å². The van der Waals surface area contributed by atoms with Crippen molar-refractivity contribution in [3.8, 4) is 0 Å². The van der Waals surface area contributed by atoms with Crippen molar-refractivity contribution in [2.24, 2.45) is 0 Å². The van der Waals surface area contributed by atoms with Gasteiger partial charge < -0.3 is 10.6 Å². The zero-order valence-electron chi connectivity index (χ0n) is 12.3. The zero-order chi connectivity index (χ0) is 16.2. The van der Waals surface area contributed by atoms with Crippen LogP contribution in [0.5, 0.6) is 0 Å². The Hall–Kier alpha value is -2.66. The summed E-state index contributed by atoms with van der Waals surface area (Å²) in [5, 5.41) is 6.92. The number of hydrogen-bond acceptors (Lipinski definition) is 4. The second kappa shape index (κ2) is 6.62. The fraction of sp³-hybridized carbons (Fsp3) is 0.0588. The van der Waals surface area contributed by atoms with Gasteiger partial charge in [0.2, 0.25) is 0 Å². The van der Waals surface area contributed by atoms with Crippen LogP contribution < -0.4 is 10.6 Å². The van der Waals surface area contributed by atoms with Gasteiger partial charge in [-0.25, -0.2) is 14.4 Å². The molecule has 0 spiro atoms. The fourth-order valence-corrected chi connectivity index (χ4v) is 2.26. The van der Waals surface area contributed by atoms with Crippen LogP contribution in [0.25, 0.3) is 0 Å². The Morgan fingerprint density at radius 3 is 2.48 bits per heavy atom. The summed E-state index contributed by atoms with van der Waals surface area (Å²) in [4.78, 5) is 8.32. The number of aromatic nitrogens is 2. The molecule has 0 saturated carbocycles. The van der Waals surface area contributed by atoms with Gasteiger partial charge in [0.25, 0.3) is 0 Å². The molecule has 0 atom stereocenters. The van der Waals surface area contributed by atoms with Gasteiger partial charge in [0, 0.05) is 22.5 Å². The van der Waals surface area contributed by atoms with Crippen molar-refractivity contribution in [2.45, 2.75) is 6.92 Å². The van der Waals surface area contributed by atoms with Crippen molar-refractivity contribution in [1.82, 2.24) is 9.97 Å². The highest BCUT2D eigenvalue weighted by atomic mass is 35.5. The maximum absolute atomic E-state index is 13.2. The summed E-state index contributed by atoms with van der Waals surface area (Å²) in [6.45, 7) is 1.93. The summed E-state index contributed by atoms with van der Waals surface area (Å²) in [7, 11) is 0. The Kier molecular flexibility index (Phi) is 4.39. The van der Waals surface area contributed by atoms with E-state index in [0.717, 1.165) is 11.3 Å². The van der Waals surface area contributed by atoms with E-state index in [4.69, 9.17) is 11.6 Å². The van der Waals surface area contributed by atoms with E-state index in [9.17, 15) is 4.39 Å². The molecular formula is C17H14ClFN4. The maximum Gasteiger partial charge on any atom is 0.135 e. The van der Waals surface area contributed by atoms with Crippen LogP contribution in [-0.2, 0) is 0 Å². The summed E-state index contributed by atoms with van der Waals surface area (Å²) in [5.41, 5.74) is 2.42. The smallest absolute Gasteiger partial charge is 0.135 e. The van der Waals surface area contributed by atoms with Crippen LogP contribution in [-0.4, -0.2) is 9.97 Å². The van der Waals surface area contributed by atoms with Crippen molar-refractivity contribution in [3.05, 3.63) is 71.3 Å². The summed E-state index contributed by atoms with van der Waals surface area (Å²) in [6.07, 6.45) is 1.43. The highest BCUT2D eigenvalue weighted by Gasteiger charge is 2.05. The van der Waals surface area contributed by atoms with Crippen molar-refractivity contribution < 1.29 is 4.39 Å². The van der Waals surface area contributed by atoms with E-state index in [0.29, 0.717) is 22.3 Å². The predicted octanol–water partition coefficient (Wildman–Crippen LogP) is 5.06. The first-order chi connectivity index (χ1) is 11.1. The molecule has 0 unspecified atom stereocenters. The van der Waals surface area contributed by atoms with Crippen LogP contribution in [0.1, 0.15) is 5.56 Å². The van der Waals surface area contributed by atoms with E-state index in [1.165, 1.54) is 18.5 Å². The van der Waals surface area contributed by atoms with Crippen molar-refractivity contribution in [2.75, 3.05) is 10.6 Å². The van der Waals surface area contributed by atoms with Gasteiger partial charge in [0.15, 0.2) is 0 Å². The first-order valence-corrected chi connectivity index (χ1v) is 7.36. The molecule has 0 aliphatic heterocycles. The quantitative estimate of drug-likeness (QED) is 0.702. The monoisotopic (exact) mass is 328 g/mol. The number of rotatable bonds is 4. The van der Waals surface area contributed by atoms with E-state index in [-0.39, 0.29) is 5.82 Å². The minimum absolute atomic E-state index is 0.308. The van der Waals surface area contributed by atoms with E-state index >= 15 is 0 Å². The molecule has 6 heteroatoms. The average Bonchev–Trinajstić information content (AvgIpc) is 2.52. The van der Waals surface area contributed by atoms with Crippen molar-refractivity contribution in [3.63, 3.8) is 0 Å². The molecule has 1 aromatic heterocycles. The fourth-order valence-electron chi connectivity index (χ4n) is 2.09. The number of benzene rings is 2. The number of nitrogens with one attached hydrogen (secondary N) is 2. The van der Waals surface area contributed by atoms with Crippen LogP contribution in [0, 0.1) is 12.7 Å². The molecule has 3 aromatic rings. The highest BCUT2D eigenvalue weighted by Crippen LogP contribution is 2.26. The summed E-state index contributed by atoms with van der Waals surface area (Å²) in [5.74, 6) is 0.869. The summed E-state index contributed by atoms with van der Waals surface area (Å²) < 4.78 is 13.2. The first-order valence-electron chi connectivity index (χ1n) is 6.98. The maximum atomic E-state index is 13.2. The number of hydrogen-bond donors (Lipinski definition) is 2. The third kappa shape index (κ3) is 3.76. The van der Waals surface area contributed by atoms with Gasteiger partial charge in [0.1, 0.15) is 23.8 Å². The lowest BCUT2D eigenvalue weighted by atomic mass is 10.2. The Bertz CT molecular complexity index is 838. The molecule has 4 nitrogen and oxygen atoms in total. The zero-order valence-corrected chi connectivity index (χ0v) is 13.1. The standard InChI is InChI=1S/C17H14ClFN4/c1-11-14(18)6-3-7-15(11)23-17-9-16(20-10-21-17)22-13-5-2-4-12(19)8-13/h2-10H,1H3,(H2,20,21,22,23). The topological polar surface area (TPSA) is 49.8 Å². The number of nitrogens with zero attached hydrogens (tertiary/aromatic N) is 2. The van der Waals surface area contributed by atoms with E-state index in [2.05, 4.69) is 20.6 Å². The third-order valence-corrected chi connectivity index (χ3v) is 3.70. The molecule has 0 aliphatic rings. The Labute approximate surface area is 138 Å². The summed E-state index contributed by atoms with van der Waals surface area (Å²) >= 11 is 6.11. The molecule has 0 fully saturated rings. The van der Waals surface area contributed by atoms with Gasteiger partial charge in [-0.1, -0.05) is 23.7 Å². The lowest BCUT2D eigenvalue weighted by Crippen LogP contribution is -1.99. The van der Waals surface area contributed by atoms with Crippen LogP contribution in [0.2, 0.25) is 5.02 Å². The van der Waals surface area contributed by atoms with Gasteiger partial charge in [0.05, 0.1) is 0 Å². The Morgan fingerprint density at radius 1 is 0.957 bits per heavy atom. The van der Waals surface area contributed by atoms with Gasteiger partial charge >= 0.3 is 0 Å². The molecule has 116 valence electrons. The minimum Gasteiger partial charge on any atom is -0.340 e. The first kappa shape index (κ1) is 15.2. The number of anilines is 4. The summed E-state index contributed by atoms with van der Waals surface area (Å²) in [6, 6.07) is 13.5. The Balaban J connectivity index is 1.81. The van der Waals surface area contributed by atoms with Crippen molar-refractivity contribution in [1.29, 1.82) is 0 Å². The molecule has 2 N–H and O–H groups in total. The van der Waals surface area contributed by atoms with E-state index in [1.807, 2.05) is 25.1 Å². The third-order valence-electron chi connectivity index (χ3n) is 3.29. The largest absolute Gasteiger partial charge is 0.340 e. The van der Waals surface area contributed by atoms with Gasteiger partial charge in [-0.3, -0.25) is 0 Å². The SMILES string of the molecule is Cc1c(Cl)cccc1Nc1cc(Nc2cccc(F)c2)ncn1. The molecule has 3 rings (SSSR count). The molecule has 0 bridgehead atoms.